The number of piperidine rings is 1. The van der Waals surface area contributed by atoms with E-state index in [4.69, 9.17) is 33.0 Å². The lowest BCUT2D eigenvalue weighted by atomic mass is 9.81. The van der Waals surface area contributed by atoms with Crippen LogP contribution in [-0.2, 0) is 0 Å². The van der Waals surface area contributed by atoms with E-state index in [1.165, 1.54) is 17.0 Å². The van der Waals surface area contributed by atoms with Gasteiger partial charge in [0.05, 0.1) is 15.6 Å². The molecule has 1 aliphatic heterocycles. The average Bonchev–Trinajstić information content (AvgIpc) is 2.54. The van der Waals surface area contributed by atoms with Crippen molar-refractivity contribution in [3.63, 3.8) is 0 Å². The number of nitrogens with zero attached hydrogens (tertiary/aromatic N) is 1. The molecule has 0 saturated carbocycles. The molecule has 1 fully saturated rings. The maximum Gasteiger partial charge on any atom is 0.407 e. The van der Waals surface area contributed by atoms with Crippen molar-refractivity contribution in [1.82, 2.24) is 4.90 Å². The van der Waals surface area contributed by atoms with E-state index in [0.717, 1.165) is 0 Å². The fourth-order valence-electron chi connectivity index (χ4n) is 2.90. The second kappa shape index (κ2) is 7.90. The van der Waals surface area contributed by atoms with Gasteiger partial charge in [0.25, 0.3) is 0 Å². The summed E-state index contributed by atoms with van der Waals surface area (Å²) < 4.78 is 5.54. The lowest BCUT2D eigenvalue weighted by molar-refractivity contribution is 0.0707. The second-order valence-electron chi connectivity index (χ2n) is 5.83. The van der Waals surface area contributed by atoms with Gasteiger partial charge >= 0.3 is 6.09 Å². The number of Topliss-reactive ketones (excluding diaryl/α,β-unsaturated/α-hetero) is 1. The van der Waals surface area contributed by atoms with Gasteiger partial charge in [-0.3, -0.25) is 4.79 Å². The number of carbonyl (C=O) groups is 2. The number of ketones is 1. The van der Waals surface area contributed by atoms with Crippen LogP contribution in [0.15, 0.2) is 24.8 Å². The van der Waals surface area contributed by atoms with Crippen molar-refractivity contribution in [2.24, 2.45) is 11.8 Å². The molecule has 0 aromatic heterocycles. The molecular weight excluding hydrogens is 353 g/mol. The number of likely N-dealkylation sites (tertiary alicyclic amines) is 1. The van der Waals surface area contributed by atoms with Gasteiger partial charge < -0.3 is 14.7 Å². The van der Waals surface area contributed by atoms with Crippen LogP contribution in [0, 0.1) is 11.8 Å². The fourth-order valence-corrected chi connectivity index (χ4v) is 3.22. The van der Waals surface area contributed by atoms with Crippen molar-refractivity contribution in [2.45, 2.75) is 13.3 Å². The van der Waals surface area contributed by atoms with Crippen LogP contribution >= 0.6 is 23.2 Å². The standard InChI is InChI=1S/C17H19Cl2NO4/c1-3-6-24-15-8-14(19)13(18)7-12(15)16(21)11-4-5-20(17(22)23)9-10(11)2/h3,7-8,10-11H,1,4-6,9H2,2H3,(H,22,23)/t10-,11-/m0/s1. The van der Waals surface area contributed by atoms with Crippen molar-refractivity contribution >= 4 is 35.1 Å². The van der Waals surface area contributed by atoms with Crippen LogP contribution in [0.2, 0.25) is 10.0 Å². The molecule has 1 saturated heterocycles. The molecule has 0 radical (unpaired) electrons. The number of carboxylic acid groups (broad SMARTS) is 1. The molecule has 2 atom stereocenters. The highest BCUT2D eigenvalue weighted by atomic mass is 35.5. The molecule has 0 spiro atoms. The monoisotopic (exact) mass is 371 g/mol. The van der Waals surface area contributed by atoms with Gasteiger partial charge in [0.1, 0.15) is 12.4 Å². The van der Waals surface area contributed by atoms with E-state index in [1.807, 2.05) is 6.92 Å². The number of hydrogen-bond acceptors (Lipinski definition) is 3. The van der Waals surface area contributed by atoms with Gasteiger partial charge in [0.2, 0.25) is 0 Å². The molecule has 24 heavy (non-hydrogen) atoms. The molecule has 1 N–H and O–H groups in total. The number of rotatable bonds is 5. The number of hydrogen-bond donors (Lipinski definition) is 1. The fraction of sp³-hybridized carbons (Fsp3) is 0.412. The average molecular weight is 372 g/mol. The third-order valence-electron chi connectivity index (χ3n) is 4.16. The summed E-state index contributed by atoms with van der Waals surface area (Å²) in [7, 11) is 0. The Labute approximate surface area is 150 Å². The predicted molar refractivity (Wildman–Crippen MR) is 93.4 cm³/mol. The van der Waals surface area contributed by atoms with E-state index in [1.54, 1.807) is 6.08 Å². The zero-order valence-electron chi connectivity index (χ0n) is 13.3. The first kappa shape index (κ1) is 18.6. The summed E-state index contributed by atoms with van der Waals surface area (Å²) in [5.41, 5.74) is 0.367. The number of benzene rings is 1. The Hall–Kier alpha value is -1.72. The van der Waals surface area contributed by atoms with Crippen LogP contribution in [-0.4, -0.2) is 41.6 Å². The lowest BCUT2D eigenvalue weighted by Gasteiger charge is -2.34. The predicted octanol–water partition coefficient (Wildman–Crippen LogP) is 4.38. The number of amides is 1. The highest BCUT2D eigenvalue weighted by Gasteiger charge is 2.34. The van der Waals surface area contributed by atoms with Crippen LogP contribution in [0.1, 0.15) is 23.7 Å². The molecule has 0 unspecified atom stereocenters. The van der Waals surface area contributed by atoms with Crippen LogP contribution < -0.4 is 4.74 Å². The third kappa shape index (κ3) is 4.02. The molecule has 5 nitrogen and oxygen atoms in total. The Bertz CT molecular complexity index is 662. The zero-order chi connectivity index (χ0) is 17.9. The molecule has 1 heterocycles. The van der Waals surface area contributed by atoms with Crippen molar-refractivity contribution in [3.05, 3.63) is 40.4 Å². The third-order valence-corrected chi connectivity index (χ3v) is 4.88. The lowest BCUT2D eigenvalue weighted by Crippen LogP contribution is -2.44. The Morgan fingerprint density at radius 1 is 1.42 bits per heavy atom. The van der Waals surface area contributed by atoms with Crippen LogP contribution in [0.5, 0.6) is 5.75 Å². The summed E-state index contributed by atoms with van der Waals surface area (Å²) in [4.78, 5) is 25.4. The Morgan fingerprint density at radius 2 is 2.08 bits per heavy atom. The van der Waals surface area contributed by atoms with E-state index < -0.39 is 6.09 Å². The molecule has 1 amide bonds. The smallest absolute Gasteiger partial charge is 0.407 e. The normalized spacial score (nSPS) is 20.5. The number of carbonyl (C=O) groups excluding carboxylic acids is 1. The molecular formula is C17H19Cl2NO4. The van der Waals surface area contributed by atoms with Gasteiger partial charge in [-0.25, -0.2) is 4.79 Å². The van der Waals surface area contributed by atoms with Crippen molar-refractivity contribution in [2.75, 3.05) is 19.7 Å². The first-order valence-electron chi connectivity index (χ1n) is 7.60. The van der Waals surface area contributed by atoms with Crippen molar-refractivity contribution in [3.8, 4) is 5.75 Å². The van der Waals surface area contributed by atoms with Gasteiger partial charge in [-0.05, 0) is 18.4 Å². The highest BCUT2D eigenvalue weighted by Crippen LogP contribution is 2.35. The molecule has 0 aliphatic carbocycles. The highest BCUT2D eigenvalue weighted by molar-refractivity contribution is 6.42. The van der Waals surface area contributed by atoms with Crippen LogP contribution in [0.25, 0.3) is 0 Å². The van der Waals surface area contributed by atoms with E-state index in [2.05, 4.69) is 6.58 Å². The van der Waals surface area contributed by atoms with Crippen LogP contribution in [0.4, 0.5) is 4.79 Å². The summed E-state index contributed by atoms with van der Waals surface area (Å²) in [6.07, 6.45) is 1.08. The quantitative estimate of drug-likeness (QED) is 0.615. The minimum atomic E-state index is -0.961. The Balaban J connectivity index is 2.27. The van der Waals surface area contributed by atoms with Gasteiger partial charge in [-0.1, -0.05) is 42.8 Å². The largest absolute Gasteiger partial charge is 0.489 e. The maximum absolute atomic E-state index is 13.0. The first-order valence-corrected chi connectivity index (χ1v) is 8.35. The topological polar surface area (TPSA) is 66.8 Å². The minimum absolute atomic E-state index is 0.0935. The summed E-state index contributed by atoms with van der Waals surface area (Å²) in [6.45, 7) is 6.37. The Morgan fingerprint density at radius 3 is 2.67 bits per heavy atom. The zero-order valence-corrected chi connectivity index (χ0v) is 14.8. The van der Waals surface area contributed by atoms with E-state index in [9.17, 15) is 9.59 Å². The second-order valence-corrected chi connectivity index (χ2v) is 6.64. The summed E-state index contributed by atoms with van der Waals surface area (Å²) in [6, 6.07) is 3.04. The molecule has 0 bridgehead atoms. The van der Waals surface area contributed by atoms with Gasteiger partial charge in [-0.2, -0.15) is 0 Å². The minimum Gasteiger partial charge on any atom is -0.489 e. The van der Waals surface area contributed by atoms with Crippen molar-refractivity contribution < 1.29 is 19.4 Å². The Kier molecular flexibility index (Phi) is 6.13. The molecule has 1 aromatic rings. The first-order chi connectivity index (χ1) is 11.3. The number of halogens is 2. The van der Waals surface area contributed by atoms with Crippen LogP contribution in [0.3, 0.4) is 0 Å². The summed E-state index contributed by atoms with van der Waals surface area (Å²) in [5.74, 6) is -0.125. The van der Waals surface area contributed by atoms with E-state index in [-0.39, 0.29) is 29.2 Å². The van der Waals surface area contributed by atoms with Crippen molar-refractivity contribution in [1.29, 1.82) is 0 Å². The van der Waals surface area contributed by atoms with E-state index in [0.29, 0.717) is 35.8 Å². The maximum atomic E-state index is 13.0. The van der Waals surface area contributed by atoms with Gasteiger partial charge in [0.15, 0.2) is 5.78 Å². The van der Waals surface area contributed by atoms with Gasteiger partial charge in [0, 0.05) is 25.1 Å². The SMILES string of the molecule is C=CCOc1cc(Cl)c(Cl)cc1C(=O)[C@H]1CCN(C(=O)O)C[C@@H]1C. The van der Waals surface area contributed by atoms with Gasteiger partial charge in [-0.15, -0.1) is 0 Å². The molecule has 1 aromatic carbocycles. The molecule has 130 valence electrons. The molecule has 7 heteroatoms. The summed E-state index contributed by atoms with van der Waals surface area (Å²) in [5, 5.41) is 9.67. The number of ether oxygens (including phenoxy) is 1. The van der Waals surface area contributed by atoms with E-state index >= 15 is 0 Å². The summed E-state index contributed by atoms with van der Waals surface area (Å²) >= 11 is 12.1. The molecule has 1 aliphatic rings. The molecule has 2 rings (SSSR count).